The summed E-state index contributed by atoms with van der Waals surface area (Å²) in [5, 5.41) is 4.12. The number of aromatic amines is 1. The van der Waals surface area contributed by atoms with Gasteiger partial charge in [0.2, 0.25) is 11.8 Å². The molecule has 2 aromatic carbocycles. The summed E-state index contributed by atoms with van der Waals surface area (Å²) in [6, 6.07) is 13.5. The molecule has 10 heteroatoms. The maximum atomic E-state index is 13.9. The van der Waals surface area contributed by atoms with Gasteiger partial charge in [-0.05, 0) is 42.7 Å². The summed E-state index contributed by atoms with van der Waals surface area (Å²) < 4.78 is 25.0. The lowest BCUT2D eigenvalue weighted by Crippen LogP contribution is -2.54. The van der Waals surface area contributed by atoms with Crippen LogP contribution in [0.5, 0.6) is 0 Å². The average Bonchev–Trinajstić information content (AvgIpc) is 3.40. The highest BCUT2D eigenvalue weighted by Crippen LogP contribution is 2.30. The van der Waals surface area contributed by atoms with Crippen molar-refractivity contribution in [3.63, 3.8) is 0 Å². The molecule has 2 amide bonds. The van der Waals surface area contributed by atoms with Crippen molar-refractivity contribution < 1.29 is 23.5 Å². The molecule has 2 aliphatic heterocycles. The Morgan fingerprint density at radius 1 is 1.15 bits per heavy atom. The second-order valence-corrected chi connectivity index (χ2v) is 10.9. The zero-order valence-corrected chi connectivity index (χ0v) is 23.0. The maximum absolute atomic E-state index is 13.9. The molecule has 9 nitrogen and oxygen atoms in total. The van der Waals surface area contributed by atoms with Gasteiger partial charge < -0.3 is 35.3 Å². The van der Waals surface area contributed by atoms with Gasteiger partial charge in [0.25, 0.3) is 0 Å². The minimum atomic E-state index is -0.788. The van der Waals surface area contributed by atoms with Crippen molar-refractivity contribution in [2.45, 2.75) is 44.1 Å². The van der Waals surface area contributed by atoms with E-state index in [2.05, 4.69) is 15.2 Å². The number of nitrogens with zero attached hydrogens (tertiary/aromatic N) is 2. The van der Waals surface area contributed by atoms with E-state index in [-0.39, 0.29) is 42.1 Å². The van der Waals surface area contributed by atoms with Crippen molar-refractivity contribution in [2.24, 2.45) is 11.7 Å². The summed E-state index contributed by atoms with van der Waals surface area (Å²) in [6.07, 6.45) is 2.57. The predicted molar refractivity (Wildman–Crippen MR) is 151 cm³/mol. The molecule has 2 aliphatic rings. The van der Waals surface area contributed by atoms with Gasteiger partial charge in [-0.3, -0.25) is 9.59 Å². The molecular formula is C30H38FN5O4. The molecule has 0 unspecified atom stereocenters. The van der Waals surface area contributed by atoms with Crippen molar-refractivity contribution in [1.82, 2.24) is 15.2 Å². The highest BCUT2D eigenvalue weighted by atomic mass is 19.1. The molecule has 4 N–H and O–H groups in total. The Morgan fingerprint density at radius 2 is 1.88 bits per heavy atom. The van der Waals surface area contributed by atoms with Crippen molar-refractivity contribution >= 4 is 28.4 Å². The molecule has 0 bridgehead atoms. The van der Waals surface area contributed by atoms with Crippen LogP contribution in [0.2, 0.25) is 0 Å². The number of likely N-dealkylation sites (N-methyl/N-ethyl adjacent to an activating group) is 1. The van der Waals surface area contributed by atoms with Crippen LogP contribution >= 0.6 is 0 Å². The topological polar surface area (TPSA) is 113 Å². The van der Waals surface area contributed by atoms with Crippen molar-refractivity contribution in [1.29, 1.82) is 0 Å². The van der Waals surface area contributed by atoms with E-state index in [0.717, 1.165) is 22.2 Å². The smallest absolute Gasteiger partial charge is 0.245 e. The monoisotopic (exact) mass is 551 g/mol. The molecule has 2 atom stereocenters. The van der Waals surface area contributed by atoms with Crippen molar-refractivity contribution in [3.05, 3.63) is 66.1 Å². The van der Waals surface area contributed by atoms with Gasteiger partial charge in [0.15, 0.2) is 6.29 Å². The number of benzene rings is 2. The highest BCUT2D eigenvalue weighted by molar-refractivity contribution is 5.91. The first-order valence-electron chi connectivity index (χ1n) is 13.9. The van der Waals surface area contributed by atoms with Crippen LogP contribution in [0.4, 0.5) is 10.1 Å². The van der Waals surface area contributed by atoms with Crippen LogP contribution in [-0.2, 0) is 19.1 Å². The van der Waals surface area contributed by atoms with E-state index in [1.165, 1.54) is 12.1 Å². The van der Waals surface area contributed by atoms with E-state index in [1.807, 2.05) is 43.5 Å². The lowest BCUT2D eigenvalue weighted by molar-refractivity contribution is -0.193. The van der Waals surface area contributed by atoms with Gasteiger partial charge >= 0.3 is 0 Å². The molecule has 0 radical (unpaired) electrons. The summed E-state index contributed by atoms with van der Waals surface area (Å²) >= 11 is 0. The average molecular weight is 552 g/mol. The lowest BCUT2D eigenvalue weighted by Gasteiger charge is -2.35. The number of para-hydroxylation sites is 1. The zero-order chi connectivity index (χ0) is 28.2. The van der Waals surface area contributed by atoms with Crippen LogP contribution < -0.4 is 16.0 Å². The number of nitrogens with one attached hydrogen (secondary N) is 2. The quantitative estimate of drug-likeness (QED) is 0.397. The van der Waals surface area contributed by atoms with E-state index in [4.69, 9.17) is 15.2 Å². The number of halogens is 1. The van der Waals surface area contributed by atoms with Crippen LogP contribution in [0.15, 0.2) is 54.7 Å². The van der Waals surface area contributed by atoms with Crippen LogP contribution in [0.1, 0.15) is 31.2 Å². The third-order valence-corrected chi connectivity index (χ3v) is 8.01. The van der Waals surface area contributed by atoms with Gasteiger partial charge in [0.05, 0.1) is 25.8 Å². The number of aromatic nitrogens is 1. The molecule has 1 aromatic heterocycles. The minimum absolute atomic E-state index is 0.145. The lowest BCUT2D eigenvalue weighted by atomic mass is 9.90. The molecule has 40 heavy (non-hydrogen) atoms. The largest absolute Gasteiger partial charge is 0.371 e. The van der Waals surface area contributed by atoms with Gasteiger partial charge in [0, 0.05) is 54.8 Å². The zero-order valence-electron chi connectivity index (χ0n) is 23.0. The number of fused-ring (bicyclic) bond motifs is 1. The van der Waals surface area contributed by atoms with Gasteiger partial charge in [-0.2, -0.15) is 0 Å². The summed E-state index contributed by atoms with van der Waals surface area (Å²) in [6.45, 7) is 4.20. The normalized spacial score (nSPS) is 21.6. The van der Waals surface area contributed by atoms with Crippen LogP contribution in [0.3, 0.4) is 0 Å². The summed E-state index contributed by atoms with van der Waals surface area (Å²) in [5.74, 6) is -1.18. The van der Waals surface area contributed by atoms with Gasteiger partial charge in [-0.25, -0.2) is 4.39 Å². The Morgan fingerprint density at radius 3 is 2.60 bits per heavy atom. The van der Waals surface area contributed by atoms with E-state index >= 15 is 0 Å². The Labute approximate surface area is 233 Å². The Hall–Kier alpha value is -3.47. The van der Waals surface area contributed by atoms with Crippen LogP contribution in [0.25, 0.3) is 10.9 Å². The first-order valence-corrected chi connectivity index (χ1v) is 13.9. The number of H-pyrrole nitrogens is 1. The maximum Gasteiger partial charge on any atom is 0.245 e. The minimum Gasteiger partial charge on any atom is -0.371 e. The number of hydrogen-bond acceptors (Lipinski definition) is 6. The number of anilines is 1. The molecule has 214 valence electrons. The fourth-order valence-electron chi connectivity index (χ4n) is 5.61. The molecule has 5 rings (SSSR count). The summed E-state index contributed by atoms with van der Waals surface area (Å²) in [7, 11) is 1.70. The standard InChI is InChI=1S/C30H38FN5O4/c1-19(25-15-33-26-9-4-3-8-24(25)26)28(30(38)35(2)16-27-39-17-22(32)18-40-27)34-29(37)20-10-12-36(13-11-20)23-7-5-6-21(31)14-23/h3-9,14-15,19-20,22,27-28,33H,10-13,16-18,32H2,1-2H3,(H,34,37)/t19-,22?,27?,28+/m0/s1. The van der Waals surface area contributed by atoms with E-state index < -0.39 is 12.3 Å². The Bertz CT molecular complexity index is 1320. The van der Waals surface area contributed by atoms with E-state index in [1.54, 1.807) is 18.0 Å². The molecule has 2 saturated heterocycles. The Kier molecular flexibility index (Phi) is 8.68. The number of ether oxygens (including phenoxy) is 2. The number of nitrogens with two attached hydrogens (primary N) is 1. The predicted octanol–water partition coefficient (Wildman–Crippen LogP) is 2.97. The SMILES string of the molecule is C[C@@H](c1c[nH]c2ccccc12)[C@@H](NC(=O)C1CCN(c2cccc(F)c2)CC1)C(=O)N(C)CC1OCC(N)CO1. The van der Waals surface area contributed by atoms with E-state index in [9.17, 15) is 14.0 Å². The van der Waals surface area contributed by atoms with Gasteiger partial charge in [0.1, 0.15) is 11.9 Å². The van der Waals surface area contributed by atoms with Crippen LogP contribution in [0, 0.1) is 11.7 Å². The molecule has 0 spiro atoms. The number of piperidine rings is 1. The Balaban J connectivity index is 1.30. The van der Waals surface area contributed by atoms with Crippen LogP contribution in [-0.4, -0.2) is 80.0 Å². The molecule has 2 fully saturated rings. The number of amides is 2. The molecule has 3 aromatic rings. The fraction of sp³-hybridized carbons (Fsp3) is 0.467. The summed E-state index contributed by atoms with van der Waals surface area (Å²) in [4.78, 5) is 34.4. The number of carbonyl (C=O) groups is 2. The number of rotatable bonds is 8. The molecule has 0 saturated carbocycles. The highest BCUT2D eigenvalue weighted by Gasteiger charge is 2.35. The second kappa shape index (κ2) is 12.4. The third kappa shape index (κ3) is 6.29. The first kappa shape index (κ1) is 28.1. The number of hydrogen-bond donors (Lipinski definition) is 3. The van der Waals surface area contributed by atoms with Gasteiger partial charge in [-0.1, -0.05) is 31.2 Å². The number of carbonyl (C=O) groups excluding carboxylic acids is 2. The van der Waals surface area contributed by atoms with Gasteiger partial charge in [-0.15, -0.1) is 0 Å². The summed E-state index contributed by atoms with van der Waals surface area (Å²) in [5.41, 5.74) is 8.59. The second-order valence-electron chi connectivity index (χ2n) is 10.9. The van der Waals surface area contributed by atoms with Crippen molar-refractivity contribution in [2.75, 3.05) is 44.8 Å². The molecule has 3 heterocycles. The molecular weight excluding hydrogens is 513 g/mol. The first-order chi connectivity index (χ1) is 19.3. The fourth-order valence-corrected chi connectivity index (χ4v) is 5.61. The third-order valence-electron chi connectivity index (χ3n) is 8.01. The molecule has 0 aliphatic carbocycles. The van der Waals surface area contributed by atoms with E-state index in [0.29, 0.717) is 39.1 Å². The van der Waals surface area contributed by atoms with Crippen molar-refractivity contribution in [3.8, 4) is 0 Å².